The van der Waals surface area contributed by atoms with E-state index in [2.05, 4.69) is 12.1 Å². The number of hydrogen-bond donors (Lipinski definition) is 0. The van der Waals surface area contributed by atoms with Gasteiger partial charge in [0, 0.05) is 16.5 Å². The van der Waals surface area contributed by atoms with Gasteiger partial charge in [0.15, 0.2) is 0 Å². The number of ketones is 1. The summed E-state index contributed by atoms with van der Waals surface area (Å²) in [5.74, 6) is -0.124. The molecule has 0 aliphatic carbocycles. The van der Waals surface area contributed by atoms with E-state index in [1.54, 1.807) is 18.2 Å². The number of nitrogens with zero attached hydrogens (tertiary/aromatic N) is 3. The molecule has 154 valence electrons. The first-order chi connectivity index (χ1) is 16.2. The van der Waals surface area contributed by atoms with Crippen molar-refractivity contribution in [3.8, 4) is 17.3 Å². The van der Waals surface area contributed by atoms with Crippen molar-refractivity contribution >= 4 is 33.1 Å². The van der Waals surface area contributed by atoms with Crippen molar-refractivity contribution in [3.05, 3.63) is 120 Å². The monoisotopic (exact) mass is 423 g/mol. The maximum Gasteiger partial charge on any atom is 0.209 e. The lowest BCUT2D eigenvalue weighted by atomic mass is 10.0. The highest BCUT2D eigenvalue weighted by molar-refractivity contribution is 6.11. The molecule has 4 nitrogen and oxygen atoms in total. The van der Waals surface area contributed by atoms with Crippen LogP contribution in [0.5, 0.6) is 0 Å². The molecule has 0 fully saturated rings. The molecule has 4 heteroatoms. The van der Waals surface area contributed by atoms with E-state index < -0.39 is 0 Å². The molecule has 33 heavy (non-hydrogen) atoms. The molecule has 0 saturated heterocycles. The molecule has 3 aromatic carbocycles. The lowest BCUT2D eigenvalue weighted by Gasteiger charge is -2.12. The Bertz CT molecular complexity index is 1740. The molecule has 0 aliphatic rings. The number of benzene rings is 3. The maximum absolute atomic E-state index is 13.5. The van der Waals surface area contributed by atoms with Crippen LogP contribution in [0.25, 0.3) is 38.6 Å². The summed E-state index contributed by atoms with van der Waals surface area (Å²) < 4.78 is 1.91. The maximum atomic E-state index is 13.5. The second kappa shape index (κ2) is 7.44. The van der Waals surface area contributed by atoms with Gasteiger partial charge in [-0.3, -0.25) is 4.79 Å². The van der Waals surface area contributed by atoms with Crippen LogP contribution in [0.15, 0.2) is 103 Å². The third kappa shape index (κ3) is 2.99. The number of rotatable bonds is 3. The molecule has 0 spiro atoms. The van der Waals surface area contributed by atoms with Gasteiger partial charge in [-0.25, -0.2) is 4.98 Å². The van der Waals surface area contributed by atoms with E-state index >= 15 is 0 Å². The van der Waals surface area contributed by atoms with Crippen molar-refractivity contribution in [2.75, 3.05) is 0 Å². The molecular weight excluding hydrogens is 406 g/mol. The molecule has 0 unspecified atom stereocenters. The van der Waals surface area contributed by atoms with Crippen molar-refractivity contribution in [1.29, 1.82) is 5.26 Å². The topological polar surface area (TPSA) is 58.2 Å². The summed E-state index contributed by atoms with van der Waals surface area (Å²) in [5, 5.41) is 12.0. The van der Waals surface area contributed by atoms with Gasteiger partial charge in [0.05, 0.1) is 33.5 Å². The molecular formula is C29H17N3O. The Balaban J connectivity index is 1.72. The summed E-state index contributed by atoms with van der Waals surface area (Å²) >= 11 is 0. The van der Waals surface area contributed by atoms with Gasteiger partial charge in [0.25, 0.3) is 0 Å². The quantitative estimate of drug-likeness (QED) is 0.309. The summed E-state index contributed by atoms with van der Waals surface area (Å²) in [7, 11) is 0. The number of pyridine rings is 2. The second-order valence-corrected chi connectivity index (χ2v) is 7.94. The molecule has 0 atom stereocenters. The Labute approximate surface area is 190 Å². The summed E-state index contributed by atoms with van der Waals surface area (Å²) in [5.41, 5.74) is 5.53. The number of fused-ring (bicyclic) bond motifs is 4. The summed E-state index contributed by atoms with van der Waals surface area (Å²) in [4.78, 5) is 18.4. The van der Waals surface area contributed by atoms with Gasteiger partial charge in [-0.15, -0.1) is 0 Å². The Kier molecular flexibility index (Phi) is 4.28. The van der Waals surface area contributed by atoms with E-state index in [1.807, 2.05) is 83.3 Å². The van der Waals surface area contributed by atoms with Gasteiger partial charge >= 0.3 is 0 Å². The highest BCUT2D eigenvalue weighted by Gasteiger charge is 2.22. The SMILES string of the molecule is N#Cc1cc(C(=O)c2ccccc2)n2c1c(-c1ccc3ccccc3n1)cc1ccccc12. The lowest BCUT2D eigenvalue weighted by Crippen LogP contribution is -2.06. The largest absolute Gasteiger partial charge is 0.304 e. The first-order valence-electron chi connectivity index (χ1n) is 10.7. The molecule has 6 aromatic rings. The number of carbonyl (C=O) groups is 1. The number of aromatic nitrogens is 2. The Hall–Kier alpha value is -4.75. The fraction of sp³-hybridized carbons (Fsp3) is 0. The molecule has 0 saturated carbocycles. The number of para-hydroxylation sites is 2. The molecule has 0 aliphatic heterocycles. The van der Waals surface area contributed by atoms with Gasteiger partial charge < -0.3 is 4.40 Å². The Morgan fingerprint density at radius 1 is 0.788 bits per heavy atom. The third-order valence-electron chi connectivity index (χ3n) is 6.00. The normalized spacial score (nSPS) is 11.1. The van der Waals surface area contributed by atoms with Crippen LogP contribution in [0.2, 0.25) is 0 Å². The summed E-state index contributed by atoms with van der Waals surface area (Å²) in [6, 6.07) is 35.1. The van der Waals surface area contributed by atoms with Crippen LogP contribution in [-0.2, 0) is 0 Å². The Morgan fingerprint density at radius 3 is 2.33 bits per heavy atom. The highest BCUT2D eigenvalue weighted by atomic mass is 16.1. The number of carbonyl (C=O) groups excluding carboxylic acids is 1. The smallest absolute Gasteiger partial charge is 0.209 e. The van der Waals surface area contributed by atoms with Crippen LogP contribution in [0, 0.1) is 11.3 Å². The average Bonchev–Trinajstić information content (AvgIpc) is 3.28. The predicted octanol–water partition coefficient (Wildman–Crippen LogP) is 6.41. The lowest BCUT2D eigenvalue weighted by molar-refractivity contribution is 0.103. The molecule has 0 bridgehead atoms. The fourth-order valence-corrected chi connectivity index (χ4v) is 4.46. The zero-order valence-corrected chi connectivity index (χ0v) is 17.6. The first kappa shape index (κ1) is 19.0. The van der Waals surface area contributed by atoms with Crippen molar-refractivity contribution in [3.63, 3.8) is 0 Å². The van der Waals surface area contributed by atoms with Gasteiger partial charge in [-0.1, -0.05) is 72.8 Å². The minimum absolute atomic E-state index is 0.124. The van der Waals surface area contributed by atoms with E-state index in [-0.39, 0.29) is 5.78 Å². The van der Waals surface area contributed by atoms with E-state index in [4.69, 9.17) is 4.98 Å². The molecule has 6 rings (SSSR count). The second-order valence-electron chi connectivity index (χ2n) is 7.94. The van der Waals surface area contributed by atoms with Gasteiger partial charge in [-0.05, 0) is 35.7 Å². The van der Waals surface area contributed by atoms with Crippen LogP contribution in [0.3, 0.4) is 0 Å². The predicted molar refractivity (Wildman–Crippen MR) is 130 cm³/mol. The summed E-state index contributed by atoms with van der Waals surface area (Å²) in [6.45, 7) is 0. The van der Waals surface area contributed by atoms with Gasteiger partial charge in [0.2, 0.25) is 5.78 Å². The first-order valence-corrected chi connectivity index (χ1v) is 10.7. The Morgan fingerprint density at radius 2 is 1.52 bits per heavy atom. The number of nitriles is 1. The van der Waals surface area contributed by atoms with Crippen molar-refractivity contribution in [2.24, 2.45) is 0 Å². The van der Waals surface area contributed by atoms with E-state index in [0.717, 1.165) is 33.1 Å². The van der Waals surface area contributed by atoms with E-state index in [1.165, 1.54) is 0 Å². The van der Waals surface area contributed by atoms with Crippen molar-refractivity contribution in [1.82, 2.24) is 9.38 Å². The van der Waals surface area contributed by atoms with E-state index in [0.29, 0.717) is 22.3 Å². The van der Waals surface area contributed by atoms with Crippen molar-refractivity contribution in [2.45, 2.75) is 0 Å². The highest BCUT2D eigenvalue weighted by Crippen LogP contribution is 2.34. The minimum atomic E-state index is -0.124. The molecule has 3 heterocycles. The molecule has 0 N–H and O–H groups in total. The van der Waals surface area contributed by atoms with Crippen molar-refractivity contribution < 1.29 is 4.79 Å². The average molecular weight is 423 g/mol. The fourth-order valence-electron chi connectivity index (χ4n) is 4.46. The van der Waals surface area contributed by atoms with Crippen LogP contribution in [-0.4, -0.2) is 15.2 Å². The minimum Gasteiger partial charge on any atom is -0.304 e. The molecule has 0 radical (unpaired) electrons. The zero-order chi connectivity index (χ0) is 22.4. The summed E-state index contributed by atoms with van der Waals surface area (Å²) in [6.07, 6.45) is 0. The van der Waals surface area contributed by atoms with Gasteiger partial charge in [0.1, 0.15) is 6.07 Å². The van der Waals surface area contributed by atoms with Crippen LogP contribution < -0.4 is 0 Å². The van der Waals surface area contributed by atoms with Crippen LogP contribution in [0.4, 0.5) is 0 Å². The molecule has 3 aromatic heterocycles. The standard InChI is InChI=1S/C29H17N3O/c30-18-22-17-27(29(33)20-9-2-1-3-10-20)32-26-13-7-5-11-21(26)16-23(28(22)32)25-15-14-19-8-4-6-12-24(19)31-25/h1-17H. The van der Waals surface area contributed by atoms with Gasteiger partial charge in [-0.2, -0.15) is 5.26 Å². The number of hydrogen-bond acceptors (Lipinski definition) is 3. The molecule has 0 amide bonds. The van der Waals surface area contributed by atoms with Crippen LogP contribution in [0.1, 0.15) is 21.6 Å². The van der Waals surface area contributed by atoms with E-state index in [9.17, 15) is 10.1 Å². The van der Waals surface area contributed by atoms with Crippen LogP contribution >= 0.6 is 0 Å². The third-order valence-corrected chi connectivity index (χ3v) is 6.00. The zero-order valence-electron chi connectivity index (χ0n) is 17.6.